The fourth-order valence-corrected chi connectivity index (χ4v) is 9.23. The SMILES string of the molecule is C#CCOCCOCCOCCOCCOCCOCCOCCOCCO[Si](c1ccccc1)(c1ccccc1)C(C)(C)C. The lowest BCUT2D eigenvalue weighted by molar-refractivity contribution is -0.0231. The van der Waals surface area contributed by atoms with E-state index in [1.165, 1.54) is 10.4 Å². The Bertz CT molecular complexity index is 956. The number of ether oxygens (including phenoxy) is 8. The monoisotopic (exact) mass is 646 g/mol. The zero-order valence-electron chi connectivity index (χ0n) is 27.5. The van der Waals surface area contributed by atoms with Crippen LogP contribution in [0.5, 0.6) is 0 Å². The Kier molecular flexibility index (Phi) is 21.7. The fourth-order valence-electron chi connectivity index (χ4n) is 4.69. The molecule has 0 aliphatic rings. The van der Waals surface area contributed by atoms with Gasteiger partial charge in [0.2, 0.25) is 0 Å². The van der Waals surface area contributed by atoms with Crippen molar-refractivity contribution >= 4 is 18.7 Å². The number of hydrogen-bond acceptors (Lipinski definition) is 9. The van der Waals surface area contributed by atoms with Crippen LogP contribution >= 0.6 is 0 Å². The maximum atomic E-state index is 6.84. The normalized spacial score (nSPS) is 12.0. The minimum Gasteiger partial charge on any atom is -0.405 e. The molecule has 0 unspecified atom stereocenters. The van der Waals surface area contributed by atoms with Crippen molar-refractivity contribution in [1.82, 2.24) is 0 Å². The molecule has 0 aliphatic heterocycles. The topological polar surface area (TPSA) is 83.1 Å². The van der Waals surface area contributed by atoms with Gasteiger partial charge < -0.3 is 42.3 Å². The van der Waals surface area contributed by atoms with Crippen molar-refractivity contribution in [3.8, 4) is 12.3 Å². The van der Waals surface area contributed by atoms with E-state index in [2.05, 4.69) is 87.4 Å². The molecule has 0 saturated carbocycles. The summed E-state index contributed by atoms with van der Waals surface area (Å²) in [5.41, 5.74) is 0. The predicted molar refractivity (Wildman–Crippen MR) is 179 cm³/mol. The van der Waals surface area contributed by atoms with Crippen molar-refractivity contribution in [2.45, 2.75) is 25.8 Å². The van der Waals surface area contributed by atoms with E-state index < -0.39 is 8.32 Å². The quantitative estimate of drug-likeness (QED) is 0.0786. The van der Waals surface area contributed by atoms with Gasteiger partial charge in [-0.15, -0.1) is 6.42 Å². The smallest absolute Gasteiger partial charge is 0.261 e. The van der Waals surface area contributed by atoms with E-state index in [4.69, 9.17) is 48.7 Å². The van der Waals surface area contributed by atoms with Crippen molar-refractivity contribution in [2.24, 2.45) is 0 Å². The molecule has 0 amide bonds. The highest BCUT2D eigenvalue weighted by atomic mass is 28.4. The van der Waals surface area contributed by atoms with E-state index in [1.54, 1.807) is 0 Å². The first-order valence-corrected chi connectivity index (χ1v) is 17.7. The highest BCUT2D eigenvalue weighted by Gasteiger charge is 2.49. The van der Waals surface area contributed by atoms with Crippen molar-refractivity contribution in [2.75, 3.05) is 112 Å². The Hall–Kier alpha value is -2.14. The highest BCUT2D eigenvalue weighted by molar-refractivity contribution is 6.99. The summed E-state index contributed by atoms with van der Waals surface area (Å²) in [6.45, 7) is 15.3. The summed E-state index contributed by atoms with van der Waals surface area (Å²) in [5, 5.41) is 2.49. The second kappa shape index (κ2) is 25.0. The van der Waals surface area contributed by atoms with Crippen LogP contribution in [-0.4, -0.2) is 121 Å². The minimum absolute atomic E-state index is 0.0520. The molecule has 0 aliphatic carbocycles. The third kappa shape index (κ3) is 16.3. The molecule has 45 heavy (non-hydrogen) atoms. The summed E-state index contributed by atoms with van der Waals surface area (Å²) in [4.78, 5) is 0. The van der Waals surface area contributed by atoms with Gasteiger partial charge in [0.05, 0.1) is 106 Å². The molecular formula is C35H54O9Si. The van der Waals surface area contributed by atoms with Crippen LogP contribution < -0.4 is 10.4 Å². The third-order valence-corrected chi connectivity index (χ3v) is 11.8. The van der Waals surface area contributed by atoms with Crippen molar-refractivity contribution < 1.29 is 42.3 Å². The lowest BCUT2D eigenvalue weighted by atomic mass is 10.2. The lowest BCUT2D eigenvalue weighted by Gasteiger charge is -2.43. The summed E-state index contributed by atoms with van der Waals surface area (Å²) in [6, 6.07) is 21.3. The molecular weight excluding hydrogens is 592 g/mol. The molecule has 0 fully saturated rings. The minimum atomic E-state index is -2.53. The Morgan fingerprint density at radius 2 is 0.756 bits per heavy atom. The number of rotatable bonds is 28. The van der Waals surface area contributed by atoms with Crippen LogP contribution in [-0.2, 0) is 42.3 Å². The van der Waals surface area contributed by atoms with Crippen LogP contribution in [0.15, 0.2) is 60.7 Å². The van der Waals surface area contributed by atoms with Gasteiger partial charge in [0.15, 0.2) is 0 Å². The first-order chi connectivity index (χ1) is 22.0. The Morgan fingerprint density at radius 1 is 0.467 bits per heavy atom. The van der Waals surface area contributed by atoms with Crippen molar-refractivity contribution in [3.05, 3.63) is 60.7 Å². The number of terminal acetylenes is 1. The molecule has 0 aromatic heterocycles. The molecule has 0 spiro atoms. The second-order valence-electron chi connectivity index (χ2n) is 11.1. The average molecular weight is 647 g/mol. The van der Waals surface area contributed by atoms with E-state index in [1.807, 2.05) is 0 Å². The zero-order valence-corrected chi connectivity index (χ0v) is 28.5. The molecule has 10 heteroatoms. The van der Waals surface area contributed by atoms with Gasteiger partial charge in [0.25, 0.3) is 8.32 Å². The first-order valence-electron chi connectivity index (χ1n) is 15.8. The van der Waals surface area contributed by atoms with Gasteiger partial charge in [-0.3, -0.25) is 0 Å². The van der Waals surface area contributed by atoms with E-state index >= 15 is 0 Å². The maximum Gasteiger partial charge on any atom is 0.261 e. The molecule has 0 N–H and O–H groups in total. The van der Waals surface area contributed by atoms with Crippen LogP contribution in [0.2, 0.25) is 5.04 Å². The molecule has 252 valence electrons. The molecule has 0 atom stereocenters. The zero-order chi connectivity index (χ0) is 32.3. The van der Waals surface area contributed by atoms with Gasteiger partial charge in [0, 0.05) is 0 Å². The van der Waals surface area contributed by atoms with Gasteiger partial charge in [-0.05, 0) is 15.4 Å². The largest absolute Gasteiger partial charge is 0.405 e. The van der Waals surface area contributed by atoms with Crippen molar-refractivity contribution in [1.29, 1.82) is 0 Å². The van der Waals surface area contributed by atoms with E-state index in [9.17, 15) is 0 Å². The van der Waals surface area contributed by atoms with Crippen LogP contribution in [0, 0.1) is 12.3 Å². The van der Waals surface area contributed by atoms with Gasteiger partial charge >= 0.3 is 0 Å². The lowest BCUT2D eigenvalue weighted by Crippen LogP contribution is -2.66. The van der Waals surface area contributed by atoms with Crippen LogP contribution in [0.3, 0.4) is 0 Å². The molecule has 0 heterocycles. The molecule has 2 aromatic rings. The standard InChI is InChI=1S/C35H54O9Si/c1-5-16-36-17-18-37-19-20-38-21-22-39-23-24-40-25-26-41-27-28-42-29-30-43-31-32-44-45(35(2,3)4,33-12-8-6-9-13-33)34-14-10-7-11-15-34/h1,6-15H,16-32H2,2-4H3. The summed E-state index contributed by atoms with van der Waals surface area (Å²) in [5.74, 6) is 2.40. The molecule has 0 bridgehead atoms. The van der Waals surface area contributed by atoms with Gasteiger partial charge in [0.1, 0.15) is 6.61 Å². The summed E-state index contributed by atoms with van der Waals surface area (Å²) in [6.07, 6.45) is 5.09. The number of hydrogen-bond donors (Lipinski definition) is 0. The molecule has 0 saturated heterocycles. The Morgan fingerprint density at radius 3 is 1.04 bits per heavy atom. The summed E-state index contributed by atoms with van der Waals surface area (Å²) >= 11 is 0. The van der Waals surface area contributed by atoms with Gasteiger partial charge in [-0.25, -0.2) is 0 Å². The second-order valence-corrected chi connectivity index (χ2v) is 15.4. The molecule has 0 radical (unpaired) electrons. The number of benzene rings is 2. The molecule has 2 aromatic carbocycles. The Labute approximate surface area is 271 Å². The average Bonchev–Trinajstić information content (AvgIpc) is 3.05. The van der Waals surface area contributed by atoms with Crippen LogP contribution in [0.4, 0.5) is 0 Å². The van der Waals surface area contributed by atoms with Crippen LogP contribution in [0.25, 0.3) is 0 Å². The fraction of sp³-hybridized carbons (Fsp3) is 0.600. The molecule has 2 rings (SSSR count). The summed E-state index contributed by atoms with van der Waals surface area (Å²) < 4.78 is 50.7. The van der Waals surface area contributed by atoms with Crippen molar-refractivity contribution in [3.63, 3.8) is 0 Å². The van der Waals surface area contributed by atoms with E-state index in [-0.39, 0.29) is 5.04 Å². The van der Waals surface area contributed by atoms with Gasteiger partial charge in [-0.1, -0.05) is 87.4 Å². The van der Waals surface area contributed by atoms with Crippen LogP contribution in [0.1, 0.15) is 20.8 Å². The maximum absolute atomic E-state index is 6.84. The van der Waals surface area contributed by atoms with Gasteiger partial charge in [-0.2, -0.15) is 0 Å². The third-order valence-electron chi connectivity index (χ3n) is 6.75. The predicted octanol–water partition coefficient (Wildman–Crippen LogP) is 3.33. The van der Waals surface area contributed by atoms with E-state index in [0.717, 1.165) is 0 Å². The van der Waals surface area contributed by atoms with E-state index in [0.29, 0.717) is 112 Å². The first kappa shape index (κ1) is 39.0. The Balaban J connectivity index is 1.42. The summed E-state index contributed by atoms with van der Waals surface area (Å²) in [7, 11) is -2.53. The highest BCUT2D eigenvalue weighted by Crippen LogP contribution is 2.36. The molecule has 9 nitrogen and oxygen atoms in total.